The van der Waals surface area contributed by atoms with E-state index in [9.17, 15) is 4.79 Å². The Bertz CT molecular complexity index is 605. The highest BCUT2D eigenvalue weighted by atomic mass is 32.1. The van der Waals surface area contributed by atoms with Gasteiger partial charge in [0, 0.05) is 31.5 Å². The van der Waals surface area contributed by atoms with Crippen LogP contribution in [0.5, 0.6) is 0 Å². The fourth-order valence-electron chi connectivity index (χ4n) is 3.19. The third kappa shape index (κ3) is 3.84. The van der Waals surface area contributed by atoms with Crippen LogP contribution in [-0.4, -0.2) is 33.1 Å². The Kier molecular flexibility index (Phi) is 5.05. The zero-order chi connectivity index (χ0) is 15.4. The Morgan fingerprint density at radius 2 is 2.36 bits per heavy atom. The second-order valence-electron chi connectivity index (χ2n) is 6.05. The molecule has 0 aromatic carbocycles. The molecule has 1 saturated heterocycles. The van der Waals surface area contributed by atoms with E-state index in [1.165, 1.54) is 24.8 Å². The van der Waals surface area contributed by atoms with E-state index in [-0.39, 0.29) is 5.78 Å². The third-order valence-corrected chi connectivity index (χ3v) is 5.47. The largest absolute Gasteiger partial charge is 0.296 e. The molecule has 118 valence electrons. The number of aryl methyl sites for hydroxylation is 1. The third-order valence-electron chi connectivity index (χ3n) is 4.39. The van der Waals surface area contributed by atoms with E-state index in [1.54, 1.807) is 18.3 Å². The molecular weight excluding hydrogens is 294 g/mol. The van der Waals surface area contributed by atoms with Crippen LogP contribution in [0.1, 0.15) is 47.8 Å². The molecule has 0 bridgehead atoms. The molecule has 0 N–H and O–H groups in total. The topological polar surface area (TPSA) is 38.1 Å². The molecule has 2 aromatic heterocycles. The second-order valence-corrected chi connectivity index (χ2v) is 6.96. The molecule has 3 rings (SSSR count). The maximum atomic E-state index is 11.4. The number of nitrogens with zero attached hydrogens (tertiary/aromatic N) is 3. The summed E-state index contributed by atoms with van der Waals surface area (Å²) >= 11 is 1.57. The molecule has 1 aliphatic heterocycles. The quantitative estimate of drug-likeness (QED) is 0.764. The summed E-state index contributed by atoms with van der Waals surface area (Å²) < 4.78 is 2.02. The van der Waals surface area contributed by atoms with Crippen molar-refractivity contribution in [2.75, 3.05) is 6.54 Å². The van der Waals surface area contributed by atoms with Crippen LogP contribution in [-0.2, 0) is 13.1 Å². The van der Waals surface area contributed by atoms with Gasteiger partial charge in [-0.2, -0.15) is 5.10 Å². The summed E-state index contributed by atoms with van der Waals surface area (Å²) in [5.74, 6) is 0.171. The highest BCUT2D eigenvalue weighted by Gasteiger charge is 2.22. The minimum atomic E-state index is 0.171. The Hall–Kier alpha value is -1.46. The lowest BCUT2D eigenvalue weighted by atomic mass is 9.98. The second kappa shape index (κ2) is 7.20. The Balaban J connectivity index is 1.60. The van der Waals surface area contributed by atoms with Gasteiger partial charge in [-0.1, -0.05) is 6.42 Å². The summed E-state index contributed by atoms with van der Waals surface area (Å²) in [5, 5.41) is 6.43. The van der Waals surface area contributed by atoms with E-state index in [1.807, 2.05) is 23.1 Å². The average molecular weight is 317 g/mol. The van der Waals surface area contributed by atoms with Gasteiger partial charge >= 0.3 is 0 Å². The summed E-state index contributed by atoms with van der Waals surface area (Å²) in [4.78, 5) is 14.9. The molecule has 0 saturated carbocycles. The molecule has 22 heavy (non-hydrogen) atoms. The van der Waals surface area contributed by atoms with Crippen molar-refractivity contribution >= 4 is 17.1 Å². The summed E-state index contributed by atoms with van der Waals surface area (Å²) in [6, 6.07) is 4.66. The molecule has 0 radical (unpaired) electrons. The van der Waals surface area contributed by atoms with Crippen molar-refractivity contribution in [1.82, 2.24) is 14.7 Å². The zero-order valence-electron chi connectivity index (χ0n) is 13.1. The van der Waals surface area contributed by atoms with Gasteiger partial charge in [-0.05, 0) is 55.8 Å². The van der Waals surface area contributed by atoms with Crippen molar-refractivity contribution in [3.63, 3.8) is 0 Å². The number of hydrogen-bond acceptors (Lipinski definition) is 4. The van der Waals surface area contributed by atoms with Crippen LogP contribution < -0.4 is 0 Å². The van der Waals surface area contributed by atoms with Crippen molar-refractivity contribution in [3.05, 3.63) is 40.3 Å². The molecule has 1 atom stereocenters. The first-order chi connectivity index (χ1) is 10.7. The number of rotatable bonds is 6. The number of thiophene rings is 1. The molecule has 3 heterocycles. The van der Waals surface area contributed by atoms with Gasteiger partial charge in [0.1, 0.15) is 0 Å². The highest BCUT2D eigenvalue weighted by molar-refractivity contribution is 7.12. The minimum Gasteiger partial charge on any atom is -0.296 e. The van der Waals surface area contributed by atoms with Crippen LogP contribution in [0.25, 0.3) is 0 Å². The average Bonchev–Trinajstić information content (AvgIpc) is 3.17. The van der Waals surface area contributed by atoms with Gasteiger partial charge in [-0.25, -0.2) is 0 Å². The fraction of sp³-hybridized carbons (Fsp3) is 0.529. The lowest BCUT2D eigenvalue weighted by molar-refractivity contribution is 0.102. The van der Waals surface area contributed by atoms with Crippen molar-refractivity contribution in [2.24, 2.45) is 0 Å². The lowest BCUT2D eigenvalue weighted by Crippen LogP contribution is -2.39. The van der Waals surface area contributed by atoms with Crippen LogP contribution in [0.15, 0.2) is 29.9 Å². The monoisotopic (exact) mass is 317 g/mol. The summed E-state index contributed by atoms with van der Waals surface area (Å²) in [7, 11) is 0. The Morgan fingerprint density at radius 1 is 1.45 bits per heavy atom. The SMILES string of the molecule is CC(=O)c1cc(CN2CCCC[C@@H]2CCn2cccn2)cs1. The molecule has 0 aliphatic carbocycles. The van der Waals surface area contributed by atoms with E-state index in [2.05, 4.69) is 21.4 Å². The van der Waals surface area contributed by atoms with E-state index in [4.69, 9.17) is 0 Å². The first kappa shape index (κ1) is 15.4. The van der Waals surface area contributed by atoms with Crippen molar-refractivity contribution in [3.8, 4) is 0 Å². The van der Waals surface area contributed by atoms with E-state index in [0.29, 0.717) is 6.04 Å². The van der Waals surface area contributed by atoms with Crippen molar-refractivity contribution in [2.45, 2.75) is 51.7 Å². The van der Waals surface area contributed by atoms with Crippen LogP contribution >= 0.6 is 11.3 Å². The molecule has 0 amide bonds. The predicted octanol–water partition coefficient (Wildman–Crippen LogP) is 3.59. The number of hydrogen-bond donors (Lipinski definition) is 0. The molecule has 0 unspecified atom stereocenters. The van der Waals surface area contributed by atoms with Crippen LogP contribution in [0.4, 0.5) is 0 Å². The maximum Gasteiger partial charge on any atom is 0.169 e. The van der Waals surface area contributed by atoms with Gasteiger partial charge in [0.05, 0.1) is 4.88 Å². The number of ketones is 1. The number of piperidine rings is 1. The summed E-state index contributed by atoms with van der Waals surface area (Å²) in [6.45, 7) is 4.75. The van der Waals surface area contributed by atoms with Gasteiger partial charge in [-0.3, -0.25) is 14.4 Å². The number of aromatic nitrogens is 2. The molecular formula is C17H23N3OS. The normalized spacial score (nSPS) is 19.4. The molecule has 5 heteroatoms. The van der Waals surface area contributed by atoms with Crippen molar-refractivity contribution in [1.29, 1.82) is 0 Å². The summed E-state index contributed by atoms with van der Waals surface area (Å²) in [6.07, 6.45) is 8.89. The van der Waals surface area contributed by atoms with Crippen LogP contribution in [0.3, 0.4) is 0 Å². The number of Topliss-reactive ketones (excluding diaryl/α,β-unsaturated/α-hetero) is 1. The van der Waals surface area contributed by atoms with E-state index >= 15 is 0 Å². The molecule has 1 fully saturated rings. The van der Waals surface area contributed by atoms with Gasteiger partial charge in [-0.15, -0.1) is 11.3 Å². The summed E-state index contributed by atoms with van der Waals surface area (Å²) in [5.41, 5.74) is 1.28. The van der Waals surface area contributed by atoms with E-state index < -0.39 is 0 Å². The zero-order valence-corrected chi connectivity index (χ0v) is 13.9. The smallest absolute Gasteiger partial charge is 0.169 e. The molecule has 0 spiro atoms. The minimum absolute atomic E-state index is 0.171. The number of carbonyl (C=O) groups excluding carboxylic acids is 1. The van der Waals surface area contributed by atoms with Crippen LogP contribution in [0.2, 0.25) is 0 Å². The standard InChI is InChI=1S/C17H23N3OS/c1-14(21)17-11-15(13-22-17)12-19-8-3-2-5-16(19)6-10-20-9-4-7-18-20/h4,7,9,11,13,16H,2-3,5-6,8,10,12H2,1H3/t16-/m1/s1. The van der Waals surface area contributed by atoms with Gasteiger partial charge in [0.15, 0.2) is 5.78 Å². The Morgan fingerprint density at radius 3 is 3.09 bits per heavy atom. The predicted molar refractivity (Wildman–Crippen MR) is 89.2 cm³/mol. The fourth-order valence-corrected chi connectivity index (χ4v) is 3.99. The lowest BCUT2D eigenvalue weighted by Gasteiger charge is -2.35. The van der Waals surface area contributed by atoms with Gasteiger partial charge in [0.25, 0.3) is 0 Å². The van der Waals surface area contributed by atoms with E-state index in [0.717, 1.165) is 30.9 Å². The van der Waals surface area contributed by atoms with Crippen molar-refractivity contribution < 1.29 is 4.79 Å². The van der Waals surface area contributed by atoms with Gasteiger partial charge in [0.2, 0.25) is 0 Å². The van der Waals surface area contributed by atoms with Gasteiger partial charge < -0.3 is 0 Å². The Labute approximate surface area is 135 Å². The molecule has 1 aliphatic rings. The first-order valence-corrected chi connectivity index (χ1v) is 8.90. The number of likely N-dealkylation sites (tertiary alicyclic amines) is 1. The highest BCUT2D eigenvalue weighted by Crippen LogP contribution is 2.24. The van der Waals surface area contributed by atoms with Crippen LogP contribution in [0, 0.1) is 0 Å². The number of carbonyl (C=O) groups is 1. The maximum absolute atomic E-state index is 11.4. The molecule has 4 nitrogen and oxygen atoms in total. The first-order valence-electron chi connectivity index (χ1n) is 8.02. The molecule has 2 aromatic rings.